The molecule has 0 saturated heterocycles. The molecule has 0 amide bonds. The molecule has 2 N–H and O–H groups in total. The first-order chi connectivity index (χ1) is 6.49. The fraction of sp³-hybridized carbons (Fsp3) is 1.00. The molecule has 0 atom stereocenters. The Morgan fingerprint density at radius 2 is 1.43 bits per heavy atom. The smallest absolute Gasteiger partial charge is 0.0949 e. The predicted octanol–water partition coefficient (Wildman–Crippen LogP) is 3.08. The maximum Gasteiger partial charge on any atom is 0.0949 e. The lowest BCUT2D eigenvalue weighted by molar-refractivity contribution is -0.306. The minimum Gasteiger partial charge on any atom is -0.252 e. The molecule has 1 saturated carbocycles. The SMILES string of the molecule is CC(C)(C)OO.OOC1CCCCC1. The van der Waals surface area contributed by atoms with Gasteiger partial charge in [0.15, 0.2) is 0 Å². The van der Waals surface area contributed by atoms with Crippen LogP contribution in [0.15, 0.2) is 0 Å². The Labute approximate surface area is 85.7 Å². The summed E-state index contributed by atoms with van der Waals surface area (Å²) in [6.07, 6.45) is 5.95. The minimum atomic E-state index is -0.403. The van der Waals surface area contributed by atoms with Crippen LogP contribution in [0.5, 0.6) is 0 Å². The van der Waals surface area contributed by atoms with E-state index in [4.69, 9.17) is 10.5 Å². The van der Waals surface area contributed by atoms with Gasteiger partial charge in [0.2, 0.25) is 0 Å². The summed E-state index contributed by atoms with van der Waals surface area (Å²) >= 11 is 0. The van der Waals surface area contributed by atoms with Crippen LogP contribution in [0.3, 0.4) is 0 Å². The van der Waals surface area contributed by atoms with Crippen LogP contribution < -0.4 is 0 Å². The van der Waals surface area contributed by atoms with Crippen LogP contribution in [0, 0.1) is 0 Å². The highest BCUT2D eigenvalue weighted by molar-refractivity contribution is 4.62. The summed E-state index contributed by atoms with van der Waals surface area (Å²) in [7, 11) is 0. The molecule has 0 unspecified atom stereocenters. The number of rotatable bonds is 1. The van der Waals surface area contributed by atoms with Crippen LogP contribution in [-0.4, -0.2) is 22.2 Å². The van der Waals surface area contributed by atoms with E-state index in [-0.39, 0.29) is 6.10 Å². The van der Waals surface area contributed by atoms with Gasteiger partial charge >= 0.3 is 0 Å². The molecule has 1 fully saturated rings. The molecule has 0 aliphatic heterocycles. The van der Waals surface area contributed by atoms with Crippen molar-refractivity contribution in [1.29, 1.82) is 0 Å². The van der Waals surface area contributed by atoms with Gasteiger partial charge in [0, 0.05) is 0 Å². The molecule has 0 aromatic rings. The monoisotopic (exact) mass is 206 g/mol. The van der Waals surface area contributed by atoms with Gasteiger partial charge in [0.1, 0.15) is 0 Å². The highest BCUT2D eigenvalue weighted by atomic mass is 17.1. The summed E-state index contributed by atoms with van der Waals surface area (Å²) in [5, 5.41) is 16.1. The van der Waals surface area contributed by atoms with Crippen molar-refractivity contribution in [2.75, 3.05) is 0 Å². The van der Waals surface area contributed by atoms with Crippen molar-refractivity contribution in [3.05, 3.63) is 0 Å². The molecule has 0 spiro atoms. The summed E-state index contributed by atoms with van der Waals surface area (Å²) in [6, 6.07) is 0. The molecule has 86 valence electrons. The van der Waals surface area contributed by atoms with Gasteiger partial charge in [0.05, 0.1) is 11.7 Å². The van der Waals surface area contributed by atoms with Gasteiger partial charge in [-0.3, -0.25) is 10.5 Å². The second-order valence-electron chi connectivity index (χ2n) is 4.57. The summed E-state index contributed by atoms with van der Waals surface area (Å²) < 4.78 is 0. The standard InChI is InChI=1S/C6H12O2.C4H10O2/c7-8-6-4-2-1-3-5-6;1-4(2,3)6-5/h6-7H,1-5H2;5H,1-3H3. The van der Waals surface area contributed by atoms with Gasteiger partial charge in [-0.1, -0.05) is 19.3 Å². The highest BCUT2D eigenvalue weighted by Gasteiger charge is 2.12. The van der Waals surface area contributed by atoms with E-state index < -0.39 is 5.60 Å². The van der Waals surface area contributed by atoms with Gasteiger partial charge < -0.3 is 0 Å². The number of hydrogen-bond donors (Lipinski definition) is 2. The lowest BCUT2D eigenvalue weighted by Gasteiger charge is -2.17. The van der Waals surface area contributed by atoms with Crippen LogP contribution in [0.2, 0.25) is 0 Å². The topological polar surface area (TPSA) is 58.9 Å². The van der Waals surface area contributed by atoms with E-state index >= 15 is 0 Å². The van der Waals surface area contributed by atoms with Crippen LogP contribution in [0.4, 0.5) is 0 Å². The quantitative estimate of drug-likeness (QED) is 0.511. The van der Waals surface area contributed by atoms with Crippen molar-refractivity contribution >= 4 is 0 Å². The third kappa shape index (κ3) is 8.44. The van der Waals surface area contributed by atoms with E-state index in [1.807, 2.05) is 0 Å². The molecule has 0 aromatic heterocycles. The zero-order chi connectivity index (χ0) is 11.0. The van der Waals surface area contributed by atoms with Gasteiger partial charge in [-0.25, -0.2) is 9.78 Å². The molecule has 1 rings (SSSR count). The molecular weight excluding hydrogens is 184 g/mol. The largest absolute Gasteiger partial charge is 0.252 e. The molecule has 0 heterocycles. The molecule has 0 bridgehead atoms. The van der Waals surface area contributed by atoms with Crippen molar-refractivity contribution in [3.8, 4) is 0 Å². The second kappa shape index (κ2) is 7.17. The van der Waals surface area contributed by atoms with Gasteiger partial charge in [-0.05, 0) is 33.6 Å². The second-order valence-corrected chi connectivity index (χ2v) is 4.57. The summed E-state index contributed by atoms with van der Waals surface area (Å²) in [5.74, 6) is 0. The van der Waals surface area contributed by atoms with Gasteiger partial charge in [-0.2, -0.15) is 0 Å². The first-order valence-electron chi connectivity index (χ1n) is 5.12. The zero-order valence-electron chi connectivity index (χ0n) is 9.32. The molecule has 4 nitrogen and oxygen atoms in total. The molecule has 0 aromatic carbocycles. The molecule has 0 radical (unpaired) electrons. The van der Waals surface area contributed by atoms with E-state index in [1.54, 1.807) is 20.8 Å². The average molecular weight is 206 g/mol. The van der Waals surface area contributed by atoms with E-state index in [1.165, 1.54) is 19.3 Å². The third-order valence-electron chi connectivity index (χ3n) is 1.98. The summed E-state index contributed by atoms with van der Waals surface area (Å²) in [5.41, 5.74) is -0.403. The molecule has 1 aliphatic carbocycles. The Morgan fingerprint density at radius 3 is 1.64 bits per heavy atom. The van der Waals surface area contributed by atoms with Crippen molar-refractivity contribution in [2.24, 2.45) is 0 Å². The lowest BCUT2D eigenvalue weighted by Crippen LogP contribution is -2.15. The third-order valence-corrected chi connectivity index (χ3v) is 1.98. The van der Waals surface area contributed by atoms with E-state index in [2.05, 4.69) is 9.78 Å². The maximum absolute atomic E-state index is 8.19. The maximum atomic E-state index is 8.19. The Balaban J connectivity index is 0.000000255. The molecular formula is C10H22O4. The first-order valence-corrected chi connectivity index (χ1v) is 5.12. The minimum absolute atomic E-state index is 0.142. The summed E-state index contributed by atoms with van der Waals surface area (Å²) in [4.78, 5) is 8.13. The Morgan fingerprint density at radius 1 is 1.00 bits per heavy atom. The van der Waals surface area contributed by atoms with Gasteiger partial charge in [0.25, 0.3) is 0 Å². The highest BCUT2D eigenvalue weighted by Crippen LogP contribution is 2.18. The number of hydrogen-bond acceptors (Lipinski definition) is 4. The van der Waals surface area contributed by atoms with E-state index in [9.17, 15) is 0 Å². The van der Waals surface area contributed by atoms with E-state index in [0.29, 0.717) is 0 Å². The Kier molecular flexibility index (Phi) is 7.09. The first kappa shape index (κ1) is 13.8. The normalized spacial score (nSPS) is 18.6. The van der Waals surface area contributed by atoms with E-state index in [0.717, 1.165) is 12.8 Å². The Bertz CT molecular complexity index is 125. The average Bonchev–Trinajstić information content (AvgIpc) is 2.19. The van der Waals surface area contributed by atoms with Crippen LogP contribution in [-0.2, 0) is 9.78 Å². The summed E-state index contributed by atoms with van der Waals surface area (Å²) in [6.45, 7) is 5.31. The molecule has 1 aliphatic rings. The van der Waals surface area contributed by atoms with Crippen molar-refractivity contribution in [2.45, 2.75) is 64.6 Å². The fourth-order valence-electron chi connectivity index (χ4n) is 1.17. The molecule has 14 heavy (non-hydrogen) atoms. The van der Waals surface area contributed by atoms with Crippen LogP contribution >= 0.6 is 0 Å². The van der Waals surface area contributed by atoms with Gasteiger partial charge in [-0.15, -0.1) is 0 Å². The fourth-order valence-corrected chi connectivity index (χ4v) is 1.17. The van der Waals surface area contributed by atoms with Crippen molar-refractivity contribution in [1.82, 2.24) is 0 Å². The van der Waals surface area contributed by atoms with Crippen LogP contribution in [0.1, 0.15) is 52.9 Å². The Hall–Kier alpha value is -0.160. The zero-order valence-corrected chi connectivity index (χ0v) is 9.32. The van der Waals surface area contributed by atoms with Crippen molar-refractivity contribution < 1.29 is 20.3 Å². The van der Waals surface area contributed by atoms with Crippen molar-refractivity contribution in [3.63, 3.8) is 0 Å². The predicted molar refractivity (Wildman–Crippen MR) is 54.1 cm³/mol. The van der Waals surface area contributed by atoms with Crippen LogP contribution in [0.25, 0.3) is 0 Å². The molecule has 4 heteroatoms. The lowest BCUT2D eigenvalue weighted by atomic mass is 9.98.